The van der Waals surface area contributed by atoms with Crippen LogP contribution < -0.4 is 0 Å². The third kappa shape index (κ3) is 2.09. The summed E-state index contributed by atoms with van der Waals surface area (Å²) in [5.41, 5.74) is 3.55. The van der Waals surface area contributed by atoms with Gasteiger partial charge in [0.25, 0.3) is 0 Å². The van der Waals surface area contributed by atoms with Crippen LogP contribution in [0.25, 0.3) is 0 Å². The average Bonchev–Trinajstić information content (AvgIpc) is 2.09. The number of aliphatic hydroxyl groups excluding tert-OH is 1. The Morgan fingerprint density at radius 2 is 2.18 bits per heavy atom. The van der Waals surface area contributed by atoms with Crippen molar-refractivity contribution in [2.75, 3.05) is 0 Å². The Morgan fingerprint density at radius 3 is 2.55 bits per heavy atom. The van der Waals surface area contributed by atoms with E-state index in [0.29, 0.717) is 0 Å². The highest BCUT2D eigenvalue weighted by molar-refractivity contribution is 5.24. The zero-order valence-corrected chi connectivity index (χ0v) is 7.31. The lowest BCUT2D eigenvalue weighted by molar-refractivity contribution is 0.195. The molecule has 1 aromatic rings. The smallest absolute Gasteiger partial charge is 0.0553 e. The normalized spacial score (nSPS) is 13.5. The minimum atomic E-state index is -0.246. The molecule has 0 amide bonds. The monoisotopic (exact) mass is 153 g/mol. The SMILES string of the molecule is Cc1cc(C[C@H](C)O)c(C)[nH]1. The van der Waals surface area contributed by atoms with Crippen molar-refractivity contribution in [2.45, 2.75) is 33.3 Å². The van der Waals surface area contributed by atoms with E-state index in [1.165, 1.54) is 11.3 Å². The number of aryl methyl sites for hydroxylation is 2. The maximum absolute atomic E-state index is 9.13. The second-order valence-corrected chi connectivity index (χ2v) is 3.16. The van der Waals surface area contributed by atoms with E-state index in [1.54, 1.807) is 0 Å². The van der Waals surface area contributed by atoms with Gasteiger partial charge in [0.2, 0.25) is 0 Å². The predicted molar refractivity (Wildman–Crippen MR) is 45.7 cm³/mol. The van der Waals surface area contributed by atoms with E-state index in [1.807, 2.05) is 20.8 Å². The number of rotatable bonds is 2. The van der Waals surface area contributed by atoms with Crippen LogP contribution in [0.3, 0.4) is 0 Å². The predicted octanol–water partition coefficient (Wildman–Crippen LogP) is 1.55. The number of H-pyrrole nitrogens is 1. The first-order chi connectivity index (χ1) is 5.09. The molecule has 0 bridgehead atoms. The van der Waals surface area contributed by atoms with Gasteiger partial charge in [0.05, 0.1) is 6.10 Å². The van der Waals surface area contributed by atoms with Crippen LogP contribution in [0.2, 0.25) is 0 Å². The van der Waals surface area contributed by atoms with Crippen LogP contribution in [0.15, 0.2) is 6.07 Å². The van der Waals surface area contributed by atoms with E-state index in [4.69, 9.17) is 5.11 Å². The minimum absolute atomic E-state index is 0.246. The Bertz CT molecular complexity index is 238. The molecule has 1 rings (SSSR count). The number of hydrogen-bond acceptors (Lipinski definition) is 1. The molecule has 0 unspecified atom stereocenters. The van der Waals surface area contributed by atoms with E-state index in [-0.39, 0.29) is 6.10 Å². The van der Waals surface area contributed by atoms with Crippen LogP contribution in [-0.4, -0.2) is 16.2 Å². The molecule has 2 N–H and O–H groups in total. The van der Waals surface area contributed by atoms with E-state index in [0.717, 1.165) is 12.1 Å². The standard InChI is InChI=1S/C9H15NO/c1-6-4-9(5-7(2)11)8(3)10-6/h4,7,10-11H,5H2,1-3H3/t7-/m0/s1. The molecule has 62 valence electrons. The summed E-state index contributed by atoms with van der Waals surface area (Å²) in [5.74, 6) is 0. The van der Waals surface area contributed by atoms with Gasteiger partial charge in [-0.3, -0.25) is 0 Å². The molecule has 0 saturated heterocycles. The van der Waals surface area contributed by atoms with Crippen molar-refractivity contribution in [1.29, 1.82) is 0 Å². The van der Waals surface area contributed by atoms with Crippen LogP contribution in [-0.2, 0) is 6.42 Å². The summed E-state index contributed by atoms with van der Waals surface area (Å²) in [5, 5.41) is 9.13. The lowest BCUT2D eigenvalue weighted by Gasteiger charge is -2.01. The van der Waals surface area contributed by atoms with Gasteiger partial charge in [-0.1, -0.05) is 0 Å². The Hall–Kier alpha value is -0.760. The topological polar surface area (TPSA) is 36.0 Å². The molecule has 0 aliphatic carbocycles. The van der Waals surface area contributed by atoms with Crippen LogP contribution in [0.4, 0.5) is 0 Å². The first-order valence-electron chi connectivity index (χ1n) is 3.92. The van der Waals surface area contributed by atoms with Crippen LogP contribution in [0, 0.1) is 13.8 Å². The third-order valence-corrected chi connectivity index (χ3v) is 1.77. The molecule has 1 atom stereocenters. The van der Waals surface area contributed by atoms with Gasteiger partial charge in [0, 0.05) is 11.4 Å². The zero-order valence-electron chi connectivity index (χ0n) is 7.31. The van der Waals surface area contributed by atoms with Crippen molar-refractivity contribution in [3.8, 4) is 0 Å². The largest absolute Gasteiger partial charge is 0.393 e. The second kappa shape index (κ2) is 3.09. The summed E-state index contributed by atoms with van der Waals surface area (Å²) >= 11 is 0. The van der Waals surface area contributed by atoms with Gasteiger partial charge in [-0.2, -0.15) is 0 Å². The van der Waals surface area contributed by atoms with Crippen molar-refractivity contribution in [2.24, 2.45) is 0 Å². The molecule has 0 aromatic carbocycles. The fraction of sp³-hybridized carbons (Fsp3) is 0.556. The Morgan fingerprint density at radius 1 is 1.55 bits per heavy atom. The van der Waals surface area contributed by atoms with Crippen molar-refractivity contribution in [1.82, 2.24) is 4.98 Å². The Kier molecular flexibility index (Phi) is 2.35. The number of aliphatic hydroxyl groups is 1. The number of hydrogen-bond donors (Lipinski definition) is 2. The fourth-order valence-electron chi connectivity index (χ4n) is 1.31. The number of aromatic nitrogens is 1. The molecule has 1 heterocycles. The van der Waals surface area contributed by atoms with Crippen molar-refractivity contribution in [3.05, 3.63) is 23.0 Å². The van der Waals surface area contributed by atoms with Crippen LogP contribution in [0.5, 0.6) is 0 Å². The van der Waals surface area contributed by atoms with Crippen molar-refractivity contribution in [3.63, 3.8) is 0 Å². The summed E-state index contributed by atoms with van der Waals surface area (Å²) in [6.45, 7) is 5.87. The van der Waals surface area contributed by atoms with Gasteiger partial charge in [0.1, 0.15) is 0 Å². The van der Waals surface area contributed by atoms with Gasteiger partial charge in [-0.15, -0.1) is 0 Å². The maximum Gasteiger partial charge on any atom is 0.0553 e. The van der Waals surface area contributed by atoms with Crippen molar-refractivity contribution >= 4 is 0 Å². The number of aromatic amines is 1. The molecule has 0 fully saturated rings. The lowest BCUT2D eigenvalue weighted by atomic mass is 10.1. The summed E-state index contributed by atoms with van der Waals surface area (Å²) in [7, 11) is 0. The van der Waals surface area contributed by atoms with E-state index in [2.05, 4.69) is 11.1 Å². The van der Waals surface area contributed by atoms with Gasteiger partial charge in [-0.25, -0.2) is 0 Å². The molecule has 0 saturated carbocycles. The summed E-state index contributed by atoms with van der Waals surface area (Å²) in [4.78, 5) is 3.20. The molecule has 11 heavy (non-hydrogen) atoms. The second-order valence-electron chi connectivity index (χ2n) is 3.16. The Balaban J connectivity index is 2.77. The van der Waals surface area contributed by atoms with Crippen molar-refractivity contribution < 1.29 is 5.11 Å². The van der Waals surface area contributed by atoms with Gasteiger partial charge in [-0.05, 0) is 38.8 Å². The first-order valence-corrected chi connectivity index (χ1v) is 3.92. The van der Waals surface area contributed by atoms with Gasteiger partial charge in [0.15, 0.2) is 0 Å². The lowest BCUT2D eigenvalue weighted by Crippen LogP contribution is -2.04. The molecule has 0 aliphatic rings. The van der Waals surface area contributed by atoms with E-state index < -0.39 is 0 Å². The molecule has 0 spiro atoms. The van der Waals surface area contributed by atoms with E-state index >= 15 is 0 Å². The van der Waals surface area contributed by atoms with Crippen LogP contribution in [0.1, 0.15) is 23.9 Å². The van der Waals surface area contributed by atoms with Gasteiger partial charge >= 0.3 is 0 Å². The van der Waals surface area contributed by atoms with Gasteiger partial charge < -0.3 is 10.1 Å². The maximum atomic E-state index is 9.13. The highest BCUT2D eigenvalue weighted by Gasteiger charge is 2.04. The minimum Gasteiger partial charge on any atom is -0.393 e. The first kappa shape index (κ1) is 8.34. The summed E-state index contributed by atoms with van der Waals surface area (Å²) in [6, 6.07) is 2.09. The fourth-order valence-corrected chi connectivity index (χ4v) is 1.31. The molecule has 0 radical (unpaired) electrons. The average molecular weight is 153 g/mol. The molecular formula is C9H15NO. The quantitative estimate of drug-likeness (QED) is 0.664. The molecule has 0 aliphatic heterocycles. The summed E-state index contributed by atoms with van der Waals surface area (Å²) in [6.07, 6.45) is 0.500. The third-order valence-electron chi connectivity index (χ3n) is 1.77. The highest BCUT2D eigenvalue weighted by atomic mass is 16.3. The zero-order chi connectivity index (χ0) is 8.43. The highest BCUT2D eigenvalue weighted by Crippen LogP contribution is 2.11. The summed E-state index contributed by atoms with van der Waals surface area (Å²) < 4.78 is 0. The number of nitrogens with one attached hydrogen (secondary N) is 1. The Labute approximate surface area is 67.3 Å². The molecule has 2 heteroatoms. The molecule has 2 nitrogen and oxygen atoms in total. The van der Waals surface area contributed by atoms with E-state index in [9.17, 15) is 0 Å². The van der Waals surface area contributed by atoms with Crippen LogP contribution >= 0.6 is 0 Å². The molecule has 1 aromatic heterocycles. The molecular weight excluding hydrogens is 138 g/mol.